The van der Waals surface area contributed by atoms with Crippen LogP contribution in [0.1, 0.15) is 6.42 Å². The van der Waals surface area contributed by atoms with Crippen LogP contribution in [0.4, 0.5) is 5.69 Å². The van der Waals surface area contributed by atoms with E-state index >= 15 is 0 Å². The average molecular weight is 614 g/mol. The first kappa shape index (κ1) is 18.4. The molecule has 110 valence electrons. The Morgan fingerprint density at radius 1 is 1.25 bits per heavy atom. The van der Waals surface area contributed by atoms with Gasteiger partial charge in [0.1, 0.15) is 0 Å². The summed E-state index contributed by atoms with van der Waals surface area (Å²) in [7, 11) is 1.73. The largest absolute Gasteiger partial charge is 0.481 e. The average Bonchev–Trinajstić information content (AvgIpc) is 2.31. The van der Waals surface area contributed by atoms with Crippen molar-refractivity contribution in [3.8, 4) is 0 Å². The maximum atomic E-state index is 11.9. The molecular formula is C12H13I3N2O3. The number of hydrogen-bond donors (Lipinski definition) is 2. The standard InChI is InChI=1S/C12H13I3N2O3/c1-17(3-2-11(19)20)6-10(18)16-12-8(14)4-7(13)5-9(12)15/h4-5H,2-3,6H2,1H3,(H,16,18)(H,19,20). The van der Waals surface area contributed by atoms with E-state index in [2.05, 4.69) is 73.1 Å². The van der Waals surface area contributed by atoms with Gasteiger partial charge >= 0.3 is 5.97 Å². The molecule has 2 N–H and O–H groups in total. The van der Waals surface area contributed by atoms with Crippen molar-refractivity contribution < 1.29 is 14.7 Å². The topological polar surface area (TPSA) is 69.6 Å². The van der Waals surface area contributed by atoms with Crippen LogP contribution in [0.25, 0.3) is 0 Å². The van der Waals surface area contributed by atoms with Crippen molar-refractivity contribution in [2.24, 2.45) is 0 Å². The molecule has 1 aromatic rings. The SMILES string of the molecule is CN(CCC(=O)O)CC(=O)Nc1c(I)cc(I)cc1I. The fourth-order valence-corrected chi connectivity index (χ4v) is 5.30. The molecule has 0 fully saturated rings. The molecule has 1 aromatic carbocycles. The molecule has 0 spiro atoms. The molecule has 0 aliphatic carbocycles. The highest BCUT2D eigenvalue weighted by atomic mass is 127. The number of amides is 1. The molecule has 8 heteroatoms. The van der Waals surface area contributed by atoms with Crippen molar-refractivity contribution in [3.63, 3.8) is 0 Å². The first-order valence-electron chi connectivity index (χ1n) is 5.64. The molecule has 0 aliphatic rings. The Kier molecular flexibility index (Phi) is 7.97. The Labute approximate surface area is 158 Å². The number of carbonyl (C=O) groups excluding carboxylic acids is 1. The number of likely N-dealkylation sites (N-methyl/N-ethyl adjacent to an activating group) is 1. The second-order valence-corrected chi connectivity index (χ2v) is 7.74. The third kappa shape index (κ3) is 6.39. The number of benzene rings is 1. The van der Waals surface area contributed by atoms with Gasteiger partial charge in [0.15, 0.2) is 0 Å². The second-order valence-electron chi connectivity index (χ2n) is 4.17. The van der Waals surface area contributed by atoms with Gasteiger partial charge in [-0.15, -0.1) is 0 Å². The van der Waals surface area contributed by atoms with E-state index in [0.717, 1.165) is 16.4 Å². The van der Waals surface area contributed by atoms with Crippen molar-refractivity contribution in [2.75, 3.05) is 25.5 Å². The van der Waals surface area contributed by atoms with E-state index < -0.39 is 5.97 Å². The number of carboxylic acids is 1. The van der Waals surface area contributed by atoms with Crippen molar-refractivity contribution in [1.29, 1.82) is 0 Å². The van der Waals surface area contributed by atoms with Crippen LogP contribution in [0.5, 0.6) is 0 Å². The lowest BCUT2D eigenvalue weighted by Gasteiger charge is -2.16. The van der Waals surface area contributed by atoms with Crippen molar-refractivity contribution in [2.45, 2.75) is 6.42 Å². The molecule has 0 saturated heterocycles. The fraction of sp³-hybridized carbons (Fsp3) is 0.333. The third-order valence-electron chi connectivity index (χ3n) is 2.39. The minimum Gasteiger partial charge on any atom is -0.481 e. The zero-order chi connectivity index (χ0) is 15.3. The van der Waals surface area contributed by atoms with Gasteiger partial charge in [0.2, 0.25) is 5.91 Å². The monoisotopic (exact) mass is 614 g/mol. The van der Waals surface area contributed by atoms with E-state index in [0.29, 0.717) is 6.54 Å². The quantitative estimate of drug-likeness (QED) is 0.485. The van der Waals surface area contributed by atoms with Gasteiger partial charge in [0, 0.05) is 17.3 Å². The normalized spacial score (nSPS) is 10.7. The molecule has 1 amide bonds. The molecule has 0 aromatic heterocycles. The van der Waals surface area contributed by atoms with Crippen molar-refractivity contribution >= 4 is 85.3 Å². The second kappa shape index (κ2) is 8.68. The molecule has 0 bridgehead atoms. The van der Waals surface area contributed by atoms with Crippen LogP contribution < -0.4 is 5.32 Å². The van der Waals surface area contributed by atoms with Crippen LogP contribution in [0.3, 0.4) is 0 Å². The number of aliphatic carboxylic acids is 1. The Bertz CT molecular complexity index is 500. The fourth-order valence-electron chi connectivity index (χ4n) is 1.45. The zero-order valence-electron chi connectivity index (χ0n) is 10.6. The number of carboxylic acid groups (broad SMARTS) is 1. The molecular weight excluding hydrogens is 601 g/mol. The number of hydrogen-bond acceptors (Lipinski definition) is 3. The summed E-state index contributed by atoms with van der Waals surface area (Å²) in [5.41, 5.74) is 0.809. The van der Waals surface area contributed by atoms with Crippen LogP contribution in [-0.4, -0.2) is 42.0 Å². The lowest BCUT2D eigenvalue weighted by molar-refractivity contribution is -0.137. The molecule has 0 saturated carbocycles. The van der Waals surface area contributed by atoms with Crippen molar-refractivity contribution in [1.82, 2.24) is 4.90 Å². The number of halogens is 3. The Balaban J connectivity index is 2.61. The van der Waals surface area contributed by atoms with Gasteiger partial charge in [-0.05, 0) is 87.0 Å². The molecule has 20 heavy (non-hydrogen) atoms. The smallest absolute Gasteiger partial charge is 0.304 e. The molecule has 0 heterocycles. The molecule has 0 aliphatic heterocycles. The van der Waals surface area contributed by atoms with Gasteiger partial charge in [-0.25, -0.2) is 0 Å². The first-order chi connectivity index (χ1) is 9.29. The van der Waals surface area contributed by atoms with Crippen molar-refractivity contribution in [3.05, 3.63) is 22.8 Å². The Morgan fingerprint density at radius 2 is 1.80 bits per heavy atom. The number of anilines is 1. The summed E-state index contributed by atoms with van der Waals surface area (Å²) in [5.74, 6) is -1.01. The number of nitrogens with one attached hydrogen (secondary N) is 1. The molecule has 0 radical (unpaired) electrons. The molecule has 0 unspecified atom stereocenters. The Hall–Kier alpha value is 0.310. The Morgan fingerprint density at radius 3 is 2.30 bits per heavy atom. The summed E-state index contributed by atoms with van der Waals surface area (Å²) < 4.78 is 3.09. The maximum absolute atomic E-state index is 11.9. The third-order valence-corrected chi connectivity index (χ3v) is 4.72. The van der Waals surface area contributed by atoms with E-state index in [4.69, 9.17) is 5.11 Å². The number of rotatable bonds is 6. The summed E-state index contributed by atoms with van der Waals surface area (Å²) >= 11 is 6.61. The summed E-state index contributed by atoms with van der Waals surface area (Å²) in [6, 6.07) is 3.99. The highest BCUT2D eigenvalue weighted by molar-refractivity contribution is 14.1. The van der Waals surface area contributed by atoms with E-state index in [-0.39, 0.29) is 18.9 Å². The van der Waals surface area contributed by atoms with Crippen LogP contribution in [0, 0.1) is 10.7 Å². The van der Waals surface area contributed by atoms with Gasteiger partial charge < -0.3 is 10.4 Å². The molecule has 5 nitrogen and oxygen atoms in total. The predicted octanol–water partition coefficient (Wildman–Crippen LogP) is 2.85. The summed E-state index contributed by atoms with van der Waals surface area (Å²) in [5, 5.41) is 11.5. The minimum absolute atomic E-state index is 0.0301. The highest BCUT2D eigenvalue weighted by Gasteiger charge is 2.12. The van der Waals surface area contributed by atoms with Gasteiger partial charge in [-0.1, -0.05) is 0 Å². The van der Waals surface area contributed by atoms with E-state index in [1.165, 1.54) is 0 Å². The van der Waals surface area contributed by atoms with Crippen LogP contribution in [-0.2, 0) is 9.59 Å². The summed E-state index contributed by atoms with van der Waals surface area (Å²) in [6.07, 6.45) is 0.0301. The molecule has 1 rings (SSSR count). The van der Waals surface area contributed by atoms with Gasteiger partial charge in [-0.2, -0.15) is 0 Å². The van der Waals surface area contributed by atoms with Gasteiger partial charge in [0.05, 0.1) is 18.7 Å². The maximum Gasteiger partial charge on any atom is 0.304 e. The number of nitrogens with zero attached hydrogens (tertiary/aromatic N) is 1. The van der Waals surface area contributed by atoms with E-state index in [9.17, 15) is 9.59 Å². The first-order valence-corrected chi connectivity index (χ1v) is 8.88. The van der Waals surface area contributed by atoms with Crippen LogP contribution in [0.15, 0.2) is 12.1 Å². The predicted molar refractivity (Wildman–Crippen MR) is 103 cm³/mol. The lowest BCUT2D eigenvalue weighted by Crippen LogP contribution is -2.32. The highest BCUT2D eigenvalue weighted by Crippen LogP contribution is 2.27. The lowest BCUT2D eigenvalue weighted by atomic mass is 10.3. The van der Waals surface area contributed by atoms with E-state index in [1.54, 1.807) is 11.9 Å². The zero-order valence-corrected chi connectivity index (χ0v) is 17.1. The van der Waals surface area contributed by atoms with Gasteiger partial charge in [-0.3, -0.25) is 14.5 Å². The van der Waals surface area contributed by atoms with Crippen LogP contribution >= 0.6 is 67.8 Å². The van der Waals surface area contributed by atoms with Crippen LogP contribution in [0.2, 0.25) is 0 Å². The van der Waals surface area contributed by atoms with E-state index in [1.807, 2.05) is 12.1 Å². The van der Waals surface area contributed by atoms with Gasteiger partial charge in [0.25, 0.3) is 0 Å². The minimum atomic E-state index is -0.862. The summed E-state index contributed by atoms with van der Waals surface area (Å²) in [4.78, 5) is 24.1. The molecule has 0 atom stereocenters. The number of carbonyl (C=O) groups is 2. The summed E-state index contributed by atoms with van der Waals surface area (Å²) in [6.45, 7) is 0.523.